The molecule has 0 saturated carbocycles. The smallest absolute Gasteiger partial charge is 0.254 e. The van der Waals surface area contributed by atoms with Crippen LogP contribution in [0.25, 0.3) is 6.08 Å². The van der Waals surface area contributed by atoms with Crippen LogP contribution in [0.2, 0.25) is 10.0 Å². The number of nitrogens with one attached hydrogen (secondary N) is 1. The van der Waals surface area contributed by atoms with Gasteiger partial charge in [0, 0.05) is 30.4 Å². The summed E-state index contributed by atoms with van der Waals surface area (Å²) in [5, 5.41) is 3.66. The molecule has 3 rings (SSSR count). The molecule has 1 fully saturated rings. The van der Waals surface area contributed by atoms with Crippen molar-refractivity contribution in [2.24, 2.45) is 0 Å². The Morgan fingerprint density at radius 3 is 2.52 bits per heavy atom. The summed E-state index contributed by atoms with van der Waals surface area (Å²) in [7, 11) is 0. The van der Waals surface area contributed by atoms with E-state index in [1.165, 1.54) is 6.08 Å². The average molecular weight is 403 g/mol. The first-order valence-electron chi connectivity index (χ1n) is 8.79. The Balaban J connectivity index is 1.74. The van der Waals surface area contributed by atoms with E-state index in [1.807, 2.05) is 11.8 Å². The van der Waals surface area contributed by atoms with Gasteiger partial charge in [0.25, 0.3) is 5.91 Å². The molecular weight excluding hydrogens is 383 g/mol. The molecule has 0 aliphatic carbocycles. The van der Waals surface area contributed by atoms with Gasteiger partial charge in [0.2, 0.25) is 5.91 Å². The fraction of sp³-hybridized carbons (Fsp3) is 0.238. The summed E-state index contributed by atoms with van der Waals surface area (Å²) >= 11 is 12.1. The molecule has 1 saturated heterocycles. The zero-order chi connectivity index (χ0) is 19.4. The fourth-order valence-corrected chi connectivity index (χ4v) is 3.45. The van der Waals surface area contributed by atoms with Crippen LogP contribution in [0, 0.1) is 6.92 Å². The molecule has 1 aliphatic heterocycles. The molecule has 0 unspecified atom stereocenters. The number of rotatable bonds is 4. The molecule has 1 heterocycles. The number of benzene rings is 2. The van der Waals surface area contributed by atoms with Crippen molar-refractivity contribution in [3.8, 4) is 0 Å². The first kappa shape index (κ1) is 19.5. The van der Waals surface area contributed by atoms with Gasteiger partial charge in [0.15, 0.2) is 0 Å². The normalized spacial score (nSPS) is 14.0. The molecule has 1 N–H and O–H groups in total. The fourth-order valence-electron chi connectivity index (χ4n) is 3.08. The van der Waals surface area contributed by atoms with Crippen molar-refractivity contribution in [1.82, 2.24) is 4.90 Å². The van der Waals surface area contributed by atoms with E-state index in [9.17, 15) is 9.59 Å². The molecule has 0 bridgehead atoms. The molecule has 0 spiro atoms. The van der Waals surface area contributed by atoms with Crippen molar-refractivity contribution in [1.29, 1.82) is 0 Å². The standard InChI is InChI=1S/C21H20Cl2N2O2/c1-14-16(21(27)25-12-2-3-13-25)7-5-9-18(14)24-19(26)11-10-15-6-4-8-17(22)20(15)23/h4-11H,2-3,12-13H2,1H3,(H,24,26)/b11-10+. The lowest BCUT2D eigenvalue weighted by atomic mass is 10.1. The minimum absolute atomic E-state index is 0.0161. The highest BCUT2D eigenvalue weighted by Gasteiger charge is 2.21. The highest BCUT2D eigenvalue weighted by Crippen LogP contribution is 2.26. The molecule has 0 radical (unpaired) electrons. The monoisotopic (exact) mass is 402 g/mol. The number of hydrogen-bond acceptors (Lipinski definition) is 2. The van der Waals surface area contributed by atoms with E-state index >= 15 is 0 Å². The maximum absolute atomic E-state index is 12.7. The van der Waals surface area contributed by atoms with Crippen LogP contribution < -0.4 is 5.32 Å². The second-order valence-corrected chi connectivity index (χ2v) is 7.23. The van der Waals surface area contributed by atoms with E-state index in [-0.39, 0.29) is 11.8 Å². The van der Waals surface area contributed by atoms with Crippen molar-refractivity contribution in [2.75, 3.05) is 18.4 Å². The van der Waals surface area contributed by atoms with Crippen LogP contribution in [-0.4, -0.2) is 29.8 Å². The van der Waals surface area contributed by atoms with Gasteiger partial charge in [-0.1, -0.05) is 41.4 Å². The first-order chi connectivity index (χ1) is 13.0. The van der Waals surface area contributed by atoms with Gasteiger partial charge in [0.05, 0.1) is 10.0 Å². The molecule has 0 aromatic heterocycles. The molecule has 140 valence electrons. The molecule has 1 aliphatic rings. The largest absolute Gasteiger partial charge is 0.339 e. The van der Waals surface area contributed by atoms with Crippen LogP contribution in [0.3, 0.4) is 0 Å². The van der Waals surface area contributed by atoms with Crippen molar-refractivity contribution < 1.29 is 9.59 Å². The van der Waals surface area contributed by atoms with E-state index in [0.29, 0.717) is 26.9 Å². The van der Waals surface area contributed by atoms with E-state index in [4.69, 9.17) is 23.2 Å². The highest BCUT2D eigenvalue weighted by molar-refractivity contribution is 6.42. The number of nitrogens with zero attached hydrogens (tertiary/aromatic N) is 1. The summed E-state index contributed by atoms with van der Waals surface area (Å²) in [5.41, 5.74) is 2.66. The summed E-state index contributed by atoms with van der Waals surface area (Å²) in [5.74, 6) is -0.290. The lowest BCUT2D eigenvalue weighted by Gasteiger charge is -2.18. The minimum atomic E-state index is -0.306. The topological polar surface area (TPSA) is 49.4 Å². The quantitative estimate of drug-likeness (QED) is 0.715. The summed E-state index contributed by atoms with van der Waals surface area (Å²) in [6.45, 7) is 3.42. The Hall–Kier alpha value is -2.30. The number of likely N-dealkylation sites (tertiary alicyclic amines) is 1. The second kappa shape index (κ2) is 8.59. The van der Waals surface area contributed by atoms with Gasteiger partial charge < -0.3 is 10.2 Å². The molecule has 4 nitrogen and oxygen atoms in total. The van der Waals surface area contributed by atoms with Crippen molar-refractivity contribution in [3.05, 3.63) is 69.2 Å². The van der Waals surface area contributed by atoms with Crippen LogP contribution in [0.15, 0.2) is 42.5 Å². The van der Waals surface area contributed by atoms with Gasteiger partial charge in [-0.25, -0.2) is 0 Å². The lowest BCUT2D eigenvalue weighted by molar-refractivity contribution is -0.111. The summed E-state index contributed by atoms with van der Waals surface area (Å²) in [4.78, 5) is 26.8. The van der Waals surface area contributed by atoms with Gasteiger partial charge >= 0.3 is 0 Å². The SMILES string of the molecule is Cc1c(NC(=O)/C=C/c2cccc(Cl)c2Cl)cccc1C(=O)N1CCCC1. The average Bonchev–Trinajstić information content (AvgIpc) is 3.19. The summed E-state index contributed by atoms with van der Waals surface area (Å²) in [6, 6.07) is 10.6. The second-order valence-electron chi connectivity index (χ2n) is 6.44. The lowest BCUT2D eigenvalue weighted by Crippen LogP contribution is -2.28. The molecule has 6 heteroatoms. The molecule has 0 atom stereocenters. The van der Waals surface area contributed by atoms with E-state index in [1.54, 1.807) is 42.5 Å². The third kappa shape index (κ3) is 4.52. The zero-order valence-electron chi connectivity index (χ0n) is 15.0. The van der Waals surface area contributed by atoms with Crippen molar-refractivity contribution >= 4 is 46.8 Å². The molecule has 27 heavy (non-hydrogen) atoms. The van der Waals surface area contributed by atoms with E-state index in [2.05, 4.69) is 5.32 Å². The van der Waals surface area contributed by atoms with E-state index in [0.717, 1.165) is 31.5 Å². The third-order valence-corrected chi connectivity index (χ3v) is 5.44. The van der Waals surface area contributed by atoms with Crippen LogP contribution in [0.1, 0.15) is 34.3 Å². The Labute approximate surface area is 168 Å². The Morgan fingerprint density at radius 1 is 1.07 bits per heavy atom. The Bertz CT molecular complexity index is 903. The zero-order valence-corrected chi connectivity index (χ0v) is 16.5. The molecule has 2 amide bonds. The van der Waals surface area contributed by atoms with Crippen molar-refractivity contribution in [3.63, 3.8) is 0 Å². The predicted molar refractivity (Wildman–Crippen MR) is 110 cm³/mol. The summed E-state index contributed by atoms with van der Waals surface area (Å²) in [6.07, 6.45) is 5.08. The number of carbonyl (C=O) groups excluding carboxylic acids is 2. The first-order valence-corrected chi connectivity index (χ1v) is 9.55. The van der Waals surface area contributed by atoms with Crippen molar-refractivity contribution in [2.45, 2.75) is 19.8 Å². The number of halogens is 2. The van der Waals surface area contributed by atoms with Gasteiger partial charge in [-0.2, -0.15) is 0 Å². The van der Waals surface area contributed by atoms with Crippen LogP contribution >= 0.6 is 23.2 Å². The number of hydrogen-bond donors (Lipinski definition) is 1. The summed E-state index contributed by atoms with van der Waals surface area (Å²) < 4.78 is 0. The van der Waals surface area contributed by atoms with Crippen LogP contribution in [0.4, 0.5) is 5.69 Å². The Kier molecular flexibility index (Phi) is 6.19. The predicted octanol–water partition coefficient (Wildman–Crippen LogP) is 5.19. The number of carbonyl (C=O) groups is 2. The number of amides is 2. The van der Waals surface area contributed by atoms with Crippen LogP contribution in [-0.2, 0) is 4.79 Å². The minimum Gasteiger partial charge on any atom is -0.339 e. The van der Waals surface area contributed by atoms with Gasteiger partial charge in [0.1, 0.15) is 0 Å². The van der Waals surface area contributed by atoms with E-state index < -0.39 is 0 Å². The Morgan fingerprint density at radius 2 is 1.78 bits per heavy atom. The maximum atomic E-state index is 12.7. The van der Waals surface area contributed by atoms with Crippen LogP contribution in [0.5, 0.6) is 0 Å². The van der Waals surface area contributed by atoms with Gasteiger partial charge in [-0.05, 0) is 55.2 Å². The van der Waals surface area contributed by atoms with Gasteiger partial charge in [-0.3, -0.25) is 9.59 Å². The molecular formula is C21H20Cl2N2O2. The molecule has 2 aromatic rings. The van der Waals surface area contributed by atoms with Gasteiger partial charge in [-0.15, -0.1) is 0 Å². The highest BCUT2D eigenvalue weighted by atomic mass is 35.5. The third-order valence-electron chi connectivity index (χ3n) is 4.61. The number of anilines is 1. The maximum Gasteiger partial charge on any atom is 0.254 e. The molecule has 2 aromatic carbocycles.